The lowest BCUT2D eigenvalue weighted by atomic mass is 9.56. The van der Waals surface area contributed by atoms with Gasteiger partial charge in [0.05, 0.1) is 24.6 Å². The van der Waals surface area contributed by atoms with Crippen LogP contribution in [-0.2, 0) is 19.2 Å². The topological polar surface area (TPSA) is 104 Å². The average Bonchev–Trinajstić information content (AvgIpc) is 3.42. The van der Waals surface area contributed by atoms with Crippen LogP contribution in [0.15, 0.2) is 48.0 Å². The molecule has 3 aromatic carbocycles. The number of hydrogen-bond donors (Lipinski definition) is 1. The number of rotatable bonds is 4. The zero-order chi connectivity index (χ0) is 36.4. The van der Waals surface area contributed by atoms with Crippen molar-refractivity contribution in [1.29, 1.82) is 0 Å². The summed E-state index contributed by atoms with van der Waals surface area (Å²) in [5.74, 6) is -22.8. The van der Waals surface area contributed by atoms with Crippen molar-refractivity contribution in [1.82, 2.24) is 0 Å². The molecule has 6 atom stereocenters. The van der Waals surface area contributed by atoms with Crippen LogP contribution in [0.4, 0.5) is 33.3 Å². The van der Waals surface area contributed by atoms with Crippen LogP contribution in [0.1, 0.15) is 29.9 Å². The molecule has 0 aromatic heterocycles. The van der Waals surface area contributed by atoms with Crippen LogP contribution >= 0.6 is 34.8 Å². The Balaban J connectivity index is 1.46. The molecular formula is C34H22Cl3F5N2O6. The molecule has 0 bridgehead atoms. The molecule has 16 heteroatoms. The summed E-state index contributed by atoms with van der Waals surface area (Å²) in [6.07, 6.45) is 0.726. The molecule has 2 heterocycles. The molecule has 8 nitrogen and oxygen atoms in total. The molecule has 2 aliphatic carbocycles. The maximum atomic E-state index is 15.2. The SMILES string of the molecule is COc1cccc(O)c1C1C2=CCC3C(=O)N(c4ccc(C)c(Cl)c4)C(=O)C3C2CC2(Cl)C(=O)N(c3c(F)c(F)c(F)c(F)c3F)C(=O)C12Cl. The van der Waals surface area contributed by atoms with Crippen LogP contribution in [0.5, 0.6) is 11.5 Å². The molecule has 0 spiro atoms. The molecule has 3 fully saturated rings. The Kier molecular flexibility index (Phi) is 7.82. The number of benzene rings is 3. The summed E-state index contributed by atoms with van der Waals surface area (Å²) < 4.78 is 78.8. The van der Waals surface area contributed by atoms with Gasteiger partial charge in [0.1, 0.15) is 17.2 Å². The van der Waals surface area contributed by atoms with Gasteiger partial charge in [-0.3, -0.25) is 19.2 Å². The number of carbonyl (C=O) groups is 4. The van der Waals surface area contributed by atoms with Gasteiger partial charge in [-0.05, 0) is 55.5 Å². The van der Waals surface area contributed by atoms with Crippen LogP contribution in [0, 0.1) is 53.8 Å². The maximum absolute atomic E-state index is 15.2. The first kappa shape index (κ1) is 34.3. The molecule has 1 saturated carbocycles. The number of hydrogen-bond acceptors (Lipinski definition) is 6. The molecule has 2 aliphatic heterocycles. The standard InChI is InChI=1S/C34H22Cl3F5N2O6/c1-12-6-7-13(10-17(12)35)43-29(46)15-9-8-14-16(20(15)30(43)47)11-33(36)31(48)44(28-26(41)24(39)23(38)25(40)27(28)42)32(49)34(33,37)22(14)21-18(45)4-3-5-19(21)50-2/h3-8,10,15-16,20,22,45H,9,11H2,1-2H3. The van der Waals surface area contributed by atoms with Gasteiger partial charge < -0.3 is 9.84 Å². The Morgan fingerprint density at radius 2 is 1.50 bits per heavy atom. The van der Waals surface area contributed by atoms with Crippen molar-refractivity contribution in [2.45, 2.75) is 35.4 Å². The lowest BCUT2D eigenvalue weighted by molar-refractivity contribution is -0.125. The number of methoxy groups -OCH3 is 1. The monoisotopic (exact) mass is 754 g/mol. The fourth-order valence-corrected chi connectivity index (χ4v) is 8.95. The van der Waals surface area contributed by atoms with Crippen molar-refractivity contribution in [3.63, 3.8) is 0 Å². The van der Waals surface area contributed by atoms with Gasteiger partial charge >= 0.3 is 0 Å². The maximum Gasteiger partial charge on any atom is 0.258 e. The molecule has 260 valence electrons. The second-order valence-corrected chi connectivity index (χ2v) is 14.2. The van der Waals surface area contributed by atoms with Gasteiger partial charge in [-0.1, -0.05) is 35.4 Å². The predicted octanol–water partition coefficient (Wildman–Crippen LogP) is 6.83. The fourth-order valence-electron chi connectivity index (χ4n) is 7.86. The van der Waals surface area contributed by atoms with Gasteiger partial charge in [0.2, 0.25) is 17.6 Å². The normalized spacial score (nSPS) is 28.9. The van der Waals surface area contributed by atoms with E-state index in [0.717, 1.165) is 4.90 Å². The van der Waals surface area contributed by atoms with Crippen molar-refractivity contribution < 1.29 is 51.0 Å². The molecule has 6 unspecified atom stereocenters. The molecule has 1 N–H and O–H groups in total. The minimum absolute atomic E-state index is 0.0857. The van der Waals surface area contributed by atoms with Crippen LogP contribution in [0.3, 0.4) is 0 Å². The number of aryl methyl sites for hydroxylation is 1. The van der Waals surface area contributed by atoms with E-state index in [-0.39, 0.29) is 38.9 Å². The Hall–Kier alpha value is -4.20. The van der Waals surface area contributed by atoms with E-state index in [4.69, 9.17) is 39.5 Å². The first-order chi connectivity index (χ1) is 23.5. The Morgan fingerprint density at radius 1 is 0.860 bits per heavy atom. The number of imide groups is 2. The minimum atomic E-state index is -2.82. The summed E-state index contributed by atoms with van der Waals surface area (Å²) in [4.78, 5) is 51.9. The first-order valence-electron chi connectivity index (χ1n) is 15.0. The summed E-state index contributed by atoms with van der Waals surface area (Å²) in [6.45, 7) is 1.72. The van der Waals surface area contributed by atoms with Gasteiger partial charge in [0, 0.05) is 16.5 Å². The number of nitrogens with zero attached hydrogens (tertiary/aromatic N) is 2. The molecule has 2 saturated heterocycles. The van der Waals surface area contributed by atoms with Crippen LogP contribution in [0.2, 0.25) is 5.02 Å². The van der Waals surface area contributed by atoms with Crippen molar-refractivity contribution in [2.75, 3.05) is 16.9 Å². The number of carbonyl (C=O) groups excluding carboxylic acids is 4. The molecule has 50 heavy (non-hydrogen) atoms. The first-order valence-corrected chi connectivity index (χ1v) is 16.1. The smallest absolute Gasteiger partial charge is 0.258 e. The Labute approximate surface area is 294 Å². The van der Waals surface area contributed by atoms with Crippen molar-refractivity contribution in [3.8, 4) is 11.5 Å². The van der Waals surface area contributed by atoms with E-state index in [1.807, 2.05) is 0 Å². The number of fused-ring (bicyclic) bond motifs is 4. The van der Waals surface area contributed by atoms with Gasteiger partial charge in [0.15, 0.2) is 33.0 Å². The minimum Gasteiger partial charge on any atom is -0.508 e. The van der Waals surface area contributed by atoms with E-state index in [0.29, 0.717) is 5.56 Å². The van der Waals surface area contributed by atoms with Gasteiger partial charge in [-0.15, -0.1) is 23.2 Å². The molecule has 4 amide bonds. The lowest BCUT2D eigenvalue weighted by Gasteiger charge is -2.50. The van der Waals surface area contributed by atoms with Gasteiger partial charge in [-0.2, -0.15) is 0 Å². The molecule has 3 aromatic rings. The van der Waals surface area contributed by atoms with Gasteiger partial charge in [-0.25, -0.2) is 31.8 Å². The predicted molar refractivity (Wildman–Crippen MR) is 170 cm³/mol. The van der Waals surface area contributed by atoms with E-state index in [9.17, 15) is 37.5 Å². The molecule has 0 radical (unpaired) electrons. The number of halogens is 8. The number of phenolic OH excluding ortho intramolecular Hbond substituents is 1. The summed E-state index contributed by atoms with van der Waals surface area (Å²) in [5, 5.41) is 11.5. The molecular weight excluding hydrogens is 734 g/mol. The van der Waals surface area contributed by atoms with Crippen LogP contribution < -0.4 is 14.5 Å². The van der Waals surface area contributed by atoms with E-state index in [1.54, 1.807) is 13.0 Å². The van der Waals surface area contributed by atoms with Gasteiger partial charge in [0.25, 0.3) is 11.8 Å². The zero-order valence-electron chi connectivity index (χ0n) is 25.7. The van der Waals surface area contributed by atoms with E-state index >= 15 is 8.78 Å². The molecule has 4 aliphatic rings. The number of anilines is 2. The van der Waals surface area contributed by atoms with Crippen molar-refractivity contribution in [2.24, 2.45) is 17.8 Å². The Morgan fingerprint density at radius 3 is 2.12 bits per heavy atom. The van der Waals surface area contributed by atoms with E-state index in [2.05, 4.69) is 0 Å². The highest BCUT2D eigenvalue weighted by Gasteiger charge is 2.77. The highest BCUT2D eigenvalue weighted by molar-refractivity contribution is 6.58. The number of phenols is 1. The van der Waals surface area contributed by atoms with E-state index < -0.39 is 104 Å². The summed E-state index contributed by atoms with van der Waals surface area (Å²) in [7, 11) is 1.21. The third kappa shape index (κ3) is 4.23. The van der Waals surface area contributed by atoms with Crippen LogP contribution in [-0.4, -0.2) is 45.6 Å². The zero-order valence-corrected chi connectivity index (χ0v) is 27.9. The number of allylic oxidation sites excluding steroid dienone is 2. The summed E-state index contributed by atoms with van der Waals surface area (Å²) in [5.41, 5.74) is -1.13. The highest BCUT2D eigenvalue weighted by atomic mass is 35.5. The number of amides is 4. The third-order valence-electron chi connectivity index (χ3n) is 10.2. The summed E-state index contributed by atoms with van der Waals surface area (Å²) in [6, 6.07) is 8.51. The number of aromatic hydroxyl groups is 1. The second kappa shape index (κ2) is 11.4. The highest BCUT2D eigenvalue weighted by Crippen LogP contribution is 2.67. The Bertz CT molecular complexity index is 2100. The second-order valence-electron chi connectivity index (χ2n) is 12.5. The number of alkyl halides is 2. The average molecular weight is 756 g/mol. The van der Waals surface area contributed by atoms with E-state index in [1.165, 1.54) is 43.5 Å². The lowest BCUT2D eigenvalue weighted by Crippen LogP contribution is -2.60. The van der Waals surface area contributed by atoms with Crippen molar-refractivity contribution >= 4 is 69.8 Å². The number of ether oxygens (including phenoxy) is 1. The molecule has 7 rings (SSSR count). The summed E-state index contributed by atoms with van der Waals surface area (Å²) >= 11 is 20.5. The quantitative estimate of drug-likeness (QED) is 0.0783. The van der Waals surface area contributed by atoms with Crippen molar-refractivity contribution in [3.05, 3.63) is 93.3 Å². The van der Waals surface area contributed by atoms with Crippen LogP contribution in [0.25, 0.3) is 0 Å². The largest absolute Gasteiger partial charge is 0.508 e. The fraction of sp³-hybridized carbons (Fsp3) is 0.294. The third-order valence-corrected chi connectivity index (χ3v) is 12.0.